The SMILES string of the molecule is Cc1nc(F)ccc1C(Nc1cc(Cl)c2ncc(C#N)c(NCC(C)(C)C)c2c1)c1nnn(C2(C(F)F)CC2)c1C#N. The number of hydrogen-bond acceptors (Lipinski definition) is 8. The number of nitrogens with zero attached hydrogens (tertiary/aromatic N) is 7. The molecule has 0 amide bonds. The summed E-state index contributed by atoms with van der Waals surface area (Å²) in [4.78, 5) is 8.30. The average Bonchev–Trinajstić information content (AvgIpc) is 3.63. The Kier molecular flexibility index (Phi) is 7.46. The Morgan fingerprint density at radius 1 is 1.17 bits per heavy atom. The zero-order valence-corrected chi connectivity index (χ0v) is 24.1. The predicted molar refractivity (Wildman–Crippen MR) is 152 cm³/mol. The first-order valence-corrected chi connectivity index (χ1v) is 13.6. The second kappa shape index (κ2) is 10.8. The van der Waals surface area contributed by atoms with E-state index in [0.717, 1.165) is 4.68 Å². The van der Waals surface area contributed by atoms with Crippen LogP contribution in [0.2, 0.25) is 5.02 Å². The van der Waals surface area contributed by atoms with Crippen LogP contribution >= 0.6 is 11.6 Å². The van der Waals surface area contributed by atoms with Gasteiger partial charge in [-0.05, 0) is 43.4 Å². The molecule has 42 heavy (non-hydrogen) atoms. The molecule has 1 saturated carbocycles. The Balaban J connectivity index is 1.66. The summed E-state index contributed by atoms with van der Waals surface area (Å²) in [6, 6.07) is 9.24. The molecule has 9 nitrogen and oxygen atoms in total. The molecule has 1 aromatic carbocycles. The van der Waals surface area contributed by atoms with Crippen LogP contribution in [-0.4, -0.2) is 37.9 Å². The maximum atomic E-state index is 14.0. The highest BCUT2D eigenvalue weighted by molar-refractivity contribution is 6.35. The summed E-state index contributed by atoms with van der Waals surface area (Å²) in [6.07, 6.45) is -0.955. The van der Waals surface area contributed by atoms with E-state index < -0.39 is 24.0 Å². The van der Waals surface area contributed by atoms with E-state index in [1.807, 2.05) is 6.07 Å². The second-order valence-corrected chi connectivity index (χ2v) is 12.0. The minimum absolute atomic E-state index is 0.0761. The van der Waals surface area contributed by atoms with Gasteiger partial charge in [0, 0.05) is 35.1 Å². The number of halogens is 4. The number of aromatic nitrogens is 5. The van der Waals surface area contributed by atoms with Crippen molar-refractivity contribution in [2.24, 2.45) is 5.41 Å². The van der Waals surface area contributed by atoms with E-state index in [4.69, 9.17) is 11.6 Å². The smallest absolute Gasteiger partial charge is 0.263 e. The van der Waals surface area contributed by atoms with Gasteiger partial charge in [-0.3, -0.25) is 4.98 Å². The van der Waals surface area contributed by atoms with Gasteiger partial charge >= 0.3 is 0 Å². The van der Waals surface area contributed by atoms with Crippen LogP contribution in [0.15, 0.2) is 30.5 Å². The third kappa shape index (κ3) is 5.30. The number of hydrogen-bond donors (Lipinski definition) is 2. The van der Waals surface area contributed by atoms with Crippen LogP contribution < -0.4 is 10.6 Å². The minimum atomic E-state index is -2.74. The number of aryl methyl sites for hydroxylation is 1. The van der Waals surface area contributed by atoms with Gasteiger partial charge in [-0.2, -0.15) is 14.9 Å². The Morgan fingerprint density at radius 3 is 2.50 bits per heavy atom. The molecule has 3 aromatic heterocycles. The number of benzene rings is 1. The van der Waals surface area contributed by atoms with Crippen LogP contribution in [-0.2, 0) is 5.54 Å². The van der Waals surface area contributed by atoms with Crippen LogP contribution in [0.4, 0.5) is 24.5 Å². The van der Waals surface area contributed by atoms with Crippen molar-refractivity contribution in [1.82, 2.24) is 25.0 Å². The normalized spacial score (nSPS) is 14.8. The van der Waals surface area contributed by atoms with Gasteiger partial charge in [0.05, 0.1) is 21.8 Å². The van der Waals surface area contributed by atoms with E-state index >= 15 is 0 Å². The van der Waals surface area contributed by atoms with E-state index in [2.05, 4.69) is 57.8 Å². The van der Waals surface area contributed by atoms with Gasteiger partial charge in [0.2, 0.25) is 5.95 Å². The van der Waals surface area contributed by atoms with E-state index in [9.17, 15) is 23.7 Å². The highest BCUT2D eigenvalue weighted by Crippen LogP contribution is 2.49. The zero-order chi connectivity index (χ0) is 30.4. The molecule has 1 fully saturated rings. The quantitative estimate of drug-likeness (QED) is 0.222. The number of nitrogens with one attached hydrogen (secondary N) is 2. The number of anilines is 2. The van der Waals surface area contributed by atoms with Crippen molar-refractivity contribution >= 4 is 33.9 Å². The largest absolute Gasteiger partial charge is 0.383 e. The summed E-state index contributed by atoms with van der Waals surface area (Å²) < 4.78 is 42.9. The number of rotatable bonds is 8. The molecule has 1 atom stereocenters. The van der Waals surface area contributed by atoms with Crippen molar-refractivity contribution in [3.8, 4) is 12.1 Å². The van der Waals surface area contributed by atoms with Crippen LogP contribution in [0.1, 0.15) is 67.9 Å². The van der Waals surface area contributed by atoms with Crippen LogP contribution in [0.5, 0.6) is 0 Å². The molecular weight excluding hydrogens is 567 g/mol. The topological polar surface area (TPSA) is 128 Å². The zero-order valence-electron chi connectivity index (χ0n) is 23.3. The fraction of sp³-hybridized carbons (Fsp3) is 0.379. The Morgan fingerprint density at radius 2 is 1.90 bits per heavy atom. The molecule has 0 spiro atoms. The van der Waals surface area contributed by atoms with Gasteiger partial charge in [0.15, 0.2) is 5.69 Å². The number of nitriles is 2. The number of alkyl halides is 2. The third-order valence-electron chi connectivity index (χ3n) is 7.22. The van der Waals surface area contributed by atoms with Crippen LogP contribution in [0, 0.1) is 40.9 Å². The molecule has 3 heterocycles. The molecule has 0 aliphatic heterocycles. The van der Waals surface area contributed by atoms with E-state index in [1.54, 1.807) is 19.1 Å². The summed E-state index contributed by atoms with van der Waals surface area (Å²) in [5.41, 5.74) is 0.792. The molecular formula is C29H27ClF3N9. The lowest BCUT2D eigenvalue weighted by Crippen LogP contribution is -2.28. The second-order valence-electron chi connectivity index (χ2n) is 11.6. The van der Waals surface area contributed by atoms with Crippen molar-refractivity contribution in [1.29, 1.82) is 10.5 Å². The Bertz CT molecular complexity index is 1760. The van der Waals surface area contributed by atoms with Crippen LogP contribution in [0.25, 0.3) is 10.9 Å². The van der Waals surface area contributed by atoms with Crippen molar-refractivity contribution in [3.63, 3.8) is 0 Å². The third-order valence-corrected chi connectivity index (χ3v) is 7.51. The predicted octanol–water partition coefficient (Wildman–Crippen LogP) is 6.48. The Hall–Kier alpha value is -4.42. The highest BCUT2D eigenvalue weighted by Gasteiger charge is 2.55. The molecule has 0 saturated heterocycles. The molecule has 5 rings (SSSR count). The van der Waals surface area contributed by atoms with Crippen molar-refractivity contribution in [3.05, 3.63) is 69.6 Å². The molecule has 1 aliphatic carbocycles. The van der Waals surface area contributed by atoms with Crippen molar-refractivity contribution in [2.75, 3.05) is 17.2 Å². The molecule has 2 N–H and O–H groups in total. The molecule has 0 bridgehead atoms. The number of pyridine rings is 2. The minimum Gasteiger partial charge on any atom is -0.383 e. The molecule has 4 aromatic rings. The molecule has 1 aliphatic rings. The summed E-state index contributed by atoms with van der Waals surface area (Å²) in [6.45, 7) is 8.31. The fourth-order valence-corrected chi connectivity index (χ4v) is 5.10. The first-order valence-electron chi connectivity index (χ1n) is 13.2. The van der Waals surface area contributed by atoms with Crippen molar-refractivity contribution in [2.45, 2.75) is 58.5 Å². The summed E-state index contributed by atoms with van der Waals surface area (Å²) >= 11 is 6.67. The molecule has 1 unspecified atom stereocenters. The average molecular weight is 594 g/mol. The first kappa shape index (κ1) is 29.1. The first-order chi connectivity index (χ1) is 19.9. The van der Waals surface area contributed by atoms with Gasteiger partial charge in [0.25, 0.3) is 6.43 Å². The summed E-state index contributed by atoms with van der Waals surface area (Å²) in [7, 11) is 0. The number of fused-ring (bicyclic) bond motifs is 1. The van der Waals surface area contributed by atoms with Gasteiger partial charge in [-0.1, -0.05) is 43.7 Å². The van der Waals surface area contributed by atoms with E-state index in [0.29, 0.717) is 45.6 Å². The summed E-state index contributed by atoms with van der Waals surface area (Å²) in [5, 5.41) is 35.5. The maximum absolute atomic E-state index is 14.0. The molecule has 0 radical (unpaired) electrons. The summed E-state index contributed by atoms with van der Waals surface area (Å²) in [5.74, 6) is -0.702. The fourth-order valence-electron chi connectivity index (χ4n) is 4.83. The highest BCUT2D eigenvalue weighted by atomic mass is 35.5. The van der Waals surface area contributed by atoms with Crippen LogP contribution in [0.3, 0.4) is 0 Å². The van der Waals surface area contributed by atoms with Crippen molar-refractivity contribution < 1.29 is 13.2 Å². The molecule has 13 heteroatoms. The van der Waals surface area contributed by atoms with Gasteiger partial charge in [0.1, 0.15) is 29.4 Å². The monoisotopic (exact) mass is 593 g/mol. The van der Waals surface area contributed by atoms with Gasteiger partial charge in [-0.15, -0.1) is 5.10 Å². The Labute approximate surface area is 245 Å². The standard InChI is InChI=1S/C29H27ClF3N9/c1-15-18(5-6-22(31)38-15)25(26-21(12-35)42(41-40-26)29(7-8-29)27(32)33)39-17-9-19-23(37-14-28(2,3)4)16(11-34)13-36-24(19)20(30)10-17/h5-6,9-10,13,25,27,39H,7-8,14H2,1-4H3,(H,36,37). The van der Waals surface area contributed by atoms with Gasteiger partial charge < -0.3 is 10.6 Å². The molecule has 216 valence electrons. The lowest BCUT2D eigenvalue weighted by atomic mass is 9.96. The maximum Gasteiger partial charge on any atom is 0.263 e. The van der Waals surface area contributed by atoms with E-state index in [1.165, 1.54) is 18.3 Å². The van der Waals surface area contributed by atoms with E-state index in [-0.39, 0.29) is 34.7 Å². The lowest BCUT2D eigenvalue weighted by molar-refractivity contribution is 0.0588. The van der Waals surface area contributed by atoms with Gasteiger partial charge in [-0.25, -0.2) is 18.4 Å². The lowest BCUT2D eigenvalue weighted by Gasteiger charge is -2.23.